The van der Waals surface area contributed by atoms with Crippen molar-refractivity contribution in [3.8, 4) is 0 Å². The zero-order chi connectivity index (χ0) is 15.7. The summed E-state index contributed by atoms with van der Waals surface area (Å²) in [5.74, 6) is -1.26. The average molecular weight is 306 g/mol. The molecule has 1 aromatic rings. The van der Waals surface area contributed by atoms with Gasteiger partial charge >= 0.3 is 5.97 Å². The van der Waals surface area contributed by atoms with Crippen LogP contribution in [0.2, 0.25) is 0 Å². The summed E-state index contributed by atoms with van der Waals surface area (Å²) in [6.07, 6.45) is 0. The van der Waals surface area contributed by atoms with Crippen LogP contribution in [0.25, 0.3) is 0 Å². The van der Waals surface area contributed by atoms with Crippen molar-refractivity contribution < 1.29 is 28.5 Å². The van der Waals surface area contributed by atoms with Crippen molar-refractivity contribution in [1.29, 1.82) is 0 Å². The molecule has 0 saturated heterocycles. The van der Waals surface area contributed by atoms with Crippen LogP contribution in [0.3, 0.4) is 0 Å². The zero-order valence-electron chi connectivity index (χ0n) is 11.4. The van der Waals surface area contributed by atoms with E-state index >= 15 is 0 Å². The van der Waals surface area contributed by atoms with Gasteiger partial charge in [0.15, 0.2) is 0 Å². The molecule has 0 aromatic carbocycles. The van der Waals surface area contributed by atoms with Crippen molar-refractivity contribution in [3.63, 3.8) is 0 Å². The Labute approximate surface area is 116 Å². The minimum absolute atomic E-state index is 0.0890. The van der Waals surface area contributed by atoms with Gasteiger partial charge in [0.1, 0.15) is 10.6 Å². The van der Waals surface area contributed by atoms with Gasteiger partial charge in [-0.15, -0.1) is 0 Å². The van der Waals surface area contributed by atoms with Crippen LogP contribution in [0, 0.1) is 13.8 Å². The van der Waals surface area contributed by atoms with Crippen LogP contribution in [-0.2, 0) is 10.0 Å². The highest BCUT2D eigenvalue weighted by atomic mass is 32.2. The van der Waals surface area contributed by atoms with Crippen LogP contribution in [0.4, 0.5) is 0 Å². The first-order valence-electron chi connectivity index (χ1n) is 5.77. The fraction of sp³-hybridized carbons (Fsp3) is 0.545. The minimum Gasteiger partial charge on any atom is -0.477 e. The van der Waals surface area contributed by atoms with Crippen molar-refractivity contribution in [3.05, 3.63) is 17.0 Å². The number of H-pyrrole nitrogens is 1. The first-order chi connectivity index (χ1) is 9.02. The summed E-state index contributed by atoms with van der Waals surface area (Å²) in [5, 5.41) is 27.4. The van der Waals surface area contributed by atoms with Crippen LogP contribution >= 0.6 is 0 Å². The van der Waals surface area contributed by atoms with Gasteiger partial charge < -0.3 is 20.3 Å². The van der Waals surface area contributed by atoms with E-state index in [4.69, 9.17) is 10.2 Å². The molecule has 114 valence electrons. The van der Waals surface area contributed by atoms with E-state index in [1.807, 2.05) is 0 Å². The molecule has 1 aromatic heterocycles. The van der Waals surface area contributed by atoms with E-state index in [1.165, 1.54) is 20.8 Å². The summed E-state index contributed by atoms with van der Waals surface area (Å²) in [4.78, 5) is 13.3. The molecular weight excluding hydrogens is 288 g/mol. The van der Waals surface area contributed by atoms with E-state index in [2.05, 4.69) is 9.71 Å². The molecule has 1 heterocycles. The van der Waals surface area contributed by atoms with Gasteiger partial charge in [0.05, 0.1) is 12.2 Å². The third kappa shape index (κ3) is 3.37. The van der Waals surface area contributed by atoms with Crippen LogP contribution in [-0.4, -0.2) is 53.4 Å². The maximum atomic E-state index is 12.2. The Morgan fingerprint density at radius 1 is 1.40 bits per heavy atom. The second kappa shape index (κ2) is 5.52. The molecule has 5 N–H and O–H groups in total. The summed E-state index contributed by atoms with van der Waals surface area (Å²) < 4.78 is 26.5. The van der Waals surface area contributed by atoms with Gasteiger partial charge in [0.2, 0.25) is 10.0 Å². The molecule has 20 heavy (non-hydrogen) atoms. The van der Waals surface area contributed by atoms with Gasteiger partial charge in [0, 0.05) is 17.8 Å². The van der Waals surface area contributed by atoms with Gasteiger partial charge in [-0.3, -0.25) is 0 Å². The largest absolute Gasteiger partial charge is 0.477 e. The summed E-state index contributed by atoms with van der Waals surface area (Å²) in [7, 11) is -3.99. The molecule has 1 atom stereocenters. The Bertz CT molecular complexity index is 617. The number of carboxylic acid groups (broad SMARTS) is 1. The molecule has 0 saturated carbocycles. The van der Waals surface area contributed by atoms with Gasteiger partial charge in [0.25, 0.3) is 0 Å². The molecule has 1 rings (SSSR count). The highest BCUT2D eigenvalue weighted by Gasteiger charge is 2.29. The number of aromatic amines is 1. The summed E-state index contributed by atoms with van der Waals surface area (Å²) in [5.41, 5.74) is -1.51. The molecule has 9 heteroatoms. The SMILES string of the molecule is Cc1[nH]c(C(=O)O)c(C)c1S(=O)(=O)NCC(C)(O)CO. The molecule has 0 aliphatic heterocycles. The van der Waals surface area contributed by atoms with E-state index in [9.17, 15) is 18.3 Å². The van der Waals surface area contributed by atoms with Crippen LogP contribution in [0.15, 0.2) is 4.90 Å². The standard InChI is InChI=1S/C11H18N2O6S/c1-6-8(10(15)16)13-7(2)9(6)20(18,19)12-4-11(3,17)5-14/h12-14,17H,4-5H2,1-3H3,(H,15,16). The van der Waals surface area contributed by atoms with Crippen LogP contribution < -0.4 is 4.72 Å². The number of aromatic carboxylic acids is 1. The van der Waals surface area contributed by atoms with Crippen molar-refractivity contribution >= 4 is 16.0 Å². The van der Waals surface area contributed by atoms with E-state index in [1.54, 1.807) is 0 Å². The van der Waals surface area contributed by atoms with E-state index in [-0.39, 0.29) is 21.8 Å². The molecule has 0 aliphatic rings. The highest BCUT2D eigenvalue weighted by molar-refractivity contribution is 7.89. The third-order valence-corrected chi connectivity index (χ3v) is 4.51. The monoisotopic (exact) mass is 306 g/mol. The van der Waals surface area contributed by atoms with Crippen molar-refractivity contribution in [2.45, 2.75) is 31.3 Å². The quantitative estimate of drug-likeness (QED) is 0.473. The van der Waals surface area contributed by atoms with Crippen LogP contribution in [0.1, 0.15) is 28.7 Å². The van der Waals surface area contributed by atoms with Gasteiger partial charge in [-0.25, -0.2) is 17.9 Å². The number of hydrogen-bond donors (Lipinski definition) is 5. The number of carbonyl (C=O) groups is 1. The summed E-state index contributed by atoms with van der Waals surface area (Å²) in [6.45, 7) is 3.10. The summed E-state index contributed by atoms with van der Waals surface area (Å²) >= 11 is 0. The number of aryl methyl sites for hydroxylation is 1. The lowest BCUT2D eigenvalue weighted by atomic mass is 10.1. The smallest absolute Gasteiger partial charge is 0.352 e. The molecule has 1 unspecified atom stereocenters. The number of aliphatic hydroxyl groups is 2. The Balaban J connectivity index is 3.14. The van der Waals surface area contributed by atoms with E-state index in [0.717, 1.165) is 0 Å². The Morgan fingerprint density at radius 2 is 1.95 bits per heavy atom. The van der Waals surface area contributed by atoms with Gasteiger partial charge in [-0.05, 0) is 20.8 Å². The molecule has 0 fully saturated rings. The van der Waals surface area contributed by atoms with Gasteiger partial charge in [-0.2, -0.15) is 0 Å². The third-order valence-electron chi connectivity index (χ3n) is 2.83. The number of sulfonamides is 1. The first kappa shape index (κ1) is 16.6. The predicted molar refractivity (Wildman–Crippen MR) is 70.1 cm³/mol. The zero-order valence-corrected chi connectivity index (χ0v) is 12.2. The first-order valence-corrected chi connectivity index (χ1v) is 7.25. The number of hydrogen-bond acceptors (Lipinski definition) is 5. The fourth-order valence-electron chi connectivity index (χ4n) is 1.73. The topological polar surface area (TPSA) is 140 Å². The molecule has 0 amide bonds. The lowest BCUT2D eigenvalue weighted by Gasteiger charge is -2.20. The number of carboxylic acids is 1. The Hall–Kier alpha value is -1.42. The molecule has 0 aliphatic carbocycles. The fourth-order valence-corrected chi connectivity index (χ4v) is 3.33. The highest BCUT2D eigenvalue weighted by Crippen LogP contribution is 2.23. The predicted octanol–water partition coefficient (Wildman–Crippen LogP) is -0.649. The van der Waals surface area contributed by atoms with Gasteiger partial charge in [-0.1, -0.05) is 0 Å². The lowest BCUT2D eigenvalue weighted by Crippen LogP contribution is -2.43. The van der Waals surface area contributed by atoms with E-state index in [0.29, 0.717) is 0 Å². The number of aliphatic hydroxyl groups excluding tert-OH is 1. The Morgan fingerprint density at radius 3 is 2.35 bits per heavy atom. The molecule has 0 radical (unpaired) electrons. The van der Waals surface area contributed by atoms with Crippen molar-refractivity contribution in [2.24, 2.45) is 0 Å². The second-order valence-corrected chi connectivity index (χ2v) is 6.57. The van der Waals surface area contributed by atoms with E-state index < -0.39 is 34.7 Å². The Kier molecular flexibility index (Phi) is 4.59. The molecular formula is C11H18N2O6S. The second-order valence-electron chi connectivity index (χ2n) is 4.86. The lowest BCUT2D eigenvalue weighted by molar-refractivity contribution is 0.00680. The normalized spacial score (nSPS) is 15.1. The maximum absolute atomic E-state index is 12.2. The van der Waals surface area contributed by atoms with Crippen LogP contribution in [0.5, 0.6) is 0 Å². The number of nitrogens with one attached hydrogen (secondary N) is 2. The number of rotatable bonds is 6. The molecule has 8 nitrogen and oxygen atoms in total. The maximum Gasteiger partial charge on any atom is 0.352 e. The average Bonchev–Trinajstić information content (AvgIpc) is 2.63. The summed E-state index contributed by atoms with van der Waals surface area (Å²) in [6, 6.07) is 0. The minimum atomic E-state index is -3.99. The number of aromatic nitrogens is 1. The molecule has 0 spiro atoms. The molecule has 0 bridgehead atoms. The van der Waals surface area contributed by atoms with Crippen molar-refractivity contribution in [1.82, 2.24) is 9.71 Å². The van der Waals surface area contributed by atoms with Crippen molar-refractivity contribution in [2.75, 3.05) is 13.2 Å².